The first-order valence-electron chi connectivity index (χ1n) is 11.0. The van der Waals surface area contributed by atoms with Crippen LogP contribution in [0.15, 0.2) is 0 Å². The Morgan fingerprint density at radius 3 is 2.61 bits per heavy atom. The fourth-order valence-corrected chi connectivity index (χ4v) is 5.20. The molecular formula is C21H37N3O4. The van der Waals surface area contributed by atoms with Gasteiger partial charge in [-0.15, -0.1) is 0 Å². The first kappa shape index (κ1) is 21.4. The van der Waals surface area contributed by atoms with E-state index in [1.54, 1.807) is 7.11 Å². The van der Waals surface area contributed by atoms with Crippen molar-refractivity contribution in [2.24, 2.45) is 11.3 Å². The summed E-state index contributed by atoms with van der Waals surface area (Å²) in [5.74, 6) is 0.680. The van der Waals surface area contributed by atoms with Crippen molar-refractivity contribution in [2.45, 2.75) is 51.4 Å². The van der Waals surface area contributed by atoms with Crippen LogP contribution in [0.2, 0.25) is 0 Å². The fourth-order valence-electron chi connectivity index (χ4n) is 5.20. The number of nitrogens with one attached hydrogen (secondary N) is 1. The second kappa shape index (κ2) is 10.4. The van der Waals surface area contributed by atoms with Gasteiger partial charge in [-0.05, 0) is 37.0 Å². The number of urea groups is 1. The van der Waals surface area contributed by atoms with E-state index in [1.807, 2.05) is 9.80 Å². The number of likely N-dealkylation sites (tertiary alicyclic amines) is 1. The standard InChI is InChI=1S/C21H37N3O4/c1-27-13-5-10-22-20(26)24-16-18(21(17-24)8-3-2-4-9-21)6-7-19(25)23-11-14-28-15-12-23/h18H,2-17H2,1H3,(H,22,26). The molecule has 160 valence electrons. The topological polar surface area (TPSA) is 71.1 Å². The molecule has 7 heteroatoms. The van der Waals surface area contributed by atoms with Crippen molar-refractivity contribution >= 4 is 11.9 Å². The zero-order valence-electron chi connectivity index (χ0n) is 17.4. The highest BCUT2D eigenvalue weighted by Gasteiger charge is 2.47. The number of carbonyl (C=O) groups is 2. The van der Waals surface area contributed by atoms with Crippen LogP contribution in [-0.2, 0) is 14.3 Å². The van der Waals surface area contributed by atoms with Crippen molar-refractivity contribution in [1.29, 1.82) is 0 Å². The Morgan fingerprint density at radius 2 is 1.89 bits per heavy atom. The number of nitrogens with zero attached hydrogens (tertiary/aromatic N) is 2. The van der Waals surface area contributed by atoms with Crippen LogP contribution < -0.4 is 5.32 Å². The van der Waals surface area contributed by atoms with Crippen LogP contribution in [0.4, 0.5) is 4.79 Å². The van der Waals surface area contributed by atoms with Gasteiger partial charge in [0, 0.05) is 52.9 Å². The molecule has 2 aliphatic heterocycles. The van der Waals surface area contributed by atoms with Gasteiger partial charge in [0.2, 0.25) is 5.91 Å². The summed E-state index contributed by atoms with van der Waals surface area (Å²) in [6.45, 7) is 5.67. The number of rotatable bonds is 7. The minimum atomic E-state index is 0.0445. The van der Waals surface area contributed by atoms with Crippen molar-refractivity contribution in [3.05, 3.63) is 0 Å². The molecule has 1 aliphatic carbocycles. The molecule has 3 fully saturated rings. The lowest BCUT2D eigenvalue weighted by Crippen LogP contribution is -2.41. The zero-order chi connectivity index (χ0) is 19.8. The minimum Gasteiger partial charge on any atom is -0.385 e. The molecule has 0 aromatic carbocycles. The number of amides is 3. The molecule has 1 unspecified atom stereocenters. The summed E-state index contributed by atoms with van der Waals surface area (Å²) in [5, 5.41) is 3.04. The van der Waals surface area contributed by atoms with Crippen molar-refractivity contribution < 1.29 is 19.1 Å². The minimum absolute atomic E-state index is 0.0445. The van der Waals surface area contributed by atoms with Crippen LogP contribution >= 0.6 is 0 Å². The van der Waals surface area contributed by atoms with Gasteiger partial charge in [-0.2, -0.15) is 0 Å². The maximum absolute atomic E-state index is 12.7. The Bertz CT molecular complexity index is 516. The van der Waals surface area contributed by atoms with Crippen molar-refractivity contribution in [3.63, 3.8) is 0 Å². The van der Waals surface area contributed by atoms with E-state index in [4.69, 9.17) is 9.47 Å². The molecule has 1 atom stereocenters. The Kier molecular flexibility index (Phi) is 7.97. The van der Waals surface area contributed by atoms with Crippen LogP contribution in [0.1, 0.15) is 51.4 Å². The molecule has 28 heavy (non-hydrogen) atoms. The molecule has 0 aromatic heterocycles. The van der Waals surface area contributed by atoms with Crippen LogP contribution in [0.5, 0.6) is 0 Å². The highest BCUT2D eigenvalue weighted by atomic mass is 16.5. The predicted molar refractivity (Wildman–Crippen MR) is 107 cm³/mol. The van der Waals surface area contributed by atoms with E-state index in [-0.39, 0.29) is 17.4 Å². The molecule has 0 radical (unpaired) electrons. The van der Waals surface area contributed by atoms with E-state index in [2.05, 4.69) is 5.32 Å². The van der Waals surface area contributed by atoms with Gasteiger partial charge in [-0.3, -0.25) is 4.79 Å². The normalized spacial score (nSPS) is 24.5. The van der Waals surface area contributed by atoms with Crippen molar-refractivity contribution in [2.75, 3.05) is 59.7 Å². The number of morpholine rings is 1. The number of hydrogen-bond donors (Lipinski definition) is 1. The lowest BCUT2D eigenvalue weighted by Gasteiger charge is -2.38. The number of hydrogen-bond acceptors (Lipinski definition) is 4. The molecule has 3 amide bonds. The van der Waals surface area contributed by atoms with Crippen molar-refractivity contribution in [1.82, 2.24) is 15.1 Å². The second-order valence-electron chi connectivity index (χ2n) is 8.61. The summed E-state index contributed by atoms with van der Waals surface area (Å²) < 4.78 is 10.4. The summed E-state index contributed by atoms with van der Waals surface area (Å²) in [6.07, 6.45) is 8.49. The first-order chi connectivity index (χ1) is 13.6. The highest BCUT2D eigenvalue weighted by molar-refractivity contribution is 5.76. The summed E-state index contributed by atoms with van der Waals surface area (Å²) >= 11 is 0. The van der Waals surface area contributed by atoms with E-state index < -0.39 is 0 Å². The van der Waals surface area contributed by atoms with E-state index in [0.29, 0.717) is 51.8 Å². The van der Waals surface area contributed by atoms with Crippen LogP contribution in [0.3, 0.4) is 0 Å². The molecule has 2 heterocycles. The largest absolute Gasteiger partial charge is 0.385 e. The molecule has 0 aromatic rings. The fraction of sp³-hybridized carbons (Fsp3) is 0.905. The summed E-state index contributed by atoms with van der Waals surface area (Å²) in [5.41, 5.74) is 0.216. The molecule has 3 aliphatic rings. The molecular weight excluding hydrogens is 358 g/mol. The molecule has 1 spiro atoms. The summed E-state index contributed by atoms with van der Waals surface area (Å²) in [6, 6.07) is 0.0445. The maximum Gasteiger partial charge on any atom is 0.317 e. The third-order valence-electron chi connectivity index (χ3n) is 6.82. The molecule has 7 nitrogen and oxygen atoms in total. The number of ether oxygens (including phenoxy) is 2. The van der Waals surface area contributed by atoms with Gasteiger partial charge in [0.05, 0.1) is 13.2 Å². The molecule has 3 rings (SSSR count). The highest BCUT2D eigenvalue weighted by Crippen LogP contribution is 2.49. The second-order valence-corrected chi connectivity index (χ2v) is 8.61. The molecule has 1 saturated carbocycles. The Morgan fingerprint density at radius 1 is 1.14 bits per heavy atom. The van der Waals surface area contributed by atoms with Gasteiger partial charge in [-0.1, -0.05) is 19.3 Å². The van der Waals surface area contributed by atoms with Crippen LogP contribution in [0, 0.1) is 11.3 Å². The van der Waals surface area contributed by atoms with E-state index in [1.165, 1.54) is 32.1 Å². The van der Waals surface area contributed by atoms with Gasteiger partial charge in [0.25, 0.3) is 0 Å². The average molecular weight is 396 g/mol. The van der Waals surface area contributed by atoms with Crippen LogP contribution in [0.25, 0.3) is 0 Å². The molecule has 0 bridgehead atoms. The van der Waals surface area contributed by atoms with Crippen molar-refractivity contribution in [3.8, 4) is 0 Å². The summed E-state index contributed by atoms with van der Waals surface area (Å²) in [7, 11) is 1.68. The lowest BCUT2D eigenvalue weighted by atomic mass is 9.66. The third kappa shape index (κ3) is 5.38. The maximum atomic E-state index is 12.7. The molecule has 2 saturated heterocycles. The molecule has 1 N–H and O–H groups in total. The van der Waals surface area contributed by atoms with Gasteiger partial charge >= 0.3 is 6.03 Å². The van der Waals surface area contributed by atoms with E-state index in [9.17, 15) is 9.59 Å². The summed E-state index contributed by atoms with van der Waals surface area (Å²) in [4.78, 5) is 29.2. The third-order valence-corrected chi connectivity index (χ3v) is 6.82. The smallest absolute Gasteiger partial charge is 0.317 e. The SMILES string of the molecule is COCCCNC(=O)N1CC(CCC(=O)N2CCOCC2)C2(CCCCC2)C1. The first-order valence-corrected chi connectivity index (χ1v) is 11.0. The Hall–Kier alpha value is -1.34. The monoisotopic (exact) mass is 395 g/mol. The number of methoxy groups -OCH3 is 1. The van der Waals surface area contributed by atoms with Crippen LogP contribution in [-0.4, -0.2) is 81.4 Å². The average Bonchev–Trinajstić information content (AvgIpc) is 3.08. The van der Waals surface area contributed by atoms with Gasteiger partial charge in [0.1, 0.15) is 0 Å². The van der Waals surface area contributed by atoms with E-state index in [0.717, 1.165) is 25.9 Å². The predicted octanol–water partition coefficient (Wildman–Crippen LogP) is 2.25. The van der Waals surface area contributed by atoms with Gasteiger partial charge < -0.3 is 24.6 Å². The number of carbonyl (C=O) groups excluding carboxylic acids is 2. The zero-order valence-corrected chi connectivity index (χ0v) is 17.4. The Balaban J connectivity index is 1.54. The quantitative estimate of drug-likeness (QED) is 0.671. The van der Waals surface area contributed by atoms with E-state index >= 15 is 0 Å². The van der Waals surface area contributed by atoms with Gasteiger partial charge in [0.15, 0.2) is 0 Å². The lowest BCUT2D eigenvalue weighted by molar-refractivity contribution is -0.135. The van der Waals surface area contributed by atoms with Gasteiger partial charge in [-0.25, -0.2) is 4.79 Å². The Labute approximate surface area is 169 Å².